The van der Waals surface area contributed by atoms with Crippen molar-refractivity contribution in [3.63, 3.8) is 0 Å². The van der Waals surface area contributed by atoms with Gasteiger partial charge in [0, 0.05) is 58.2 Å². The van der Waals surface area contributed by atoms with Crippen molar-refractivity contribution in [1.29, 1.82) is 0 Å². The highest BCUT2D eigenvalue weighted by Crippen LogP contribution is 2.14. The summed E-state index contributed by atoms with van der Waals surface area (Å²) in [7, 11) is 2.19. The van der Waals surface area contributed by atoms with Crippen LogP contribution in [0.1, 0.15) is 18.1 Å². The van der Waals surface area contributed by atoms with E-state index in [1.807, 2.05) is 0 Å². The molecule has 1 atom stereocenters. The Hall–Kier alpha value is -0.980. The van der Waals surface area contributed by atoms with Crippen LogP contribution in [-0.2, 0) is 19.4 Å². The van der Waals surface area contributed by atoms with Crippen molar-refractivity contribution >= 4 is 0 Å². The number of likely N-dealkylation sites (N-methyl/N-ethyl adjacent to an activating group) is 1. The van der Waals surface area contributed by atoms with E-state index >= 15 is 0 Å². The molecule has 19 heavy (non-hydrogen) atoms. The molecule has 6 nitrogen and oxygen atoms in total. The van der Waals surface area contributed by atoms with E-state index in [1.165, 1.54) is 26.2 Å². The minimum Gasteiger partial charge on any atom is -0.327 e. The average molecular weight is 264 g/mol. The zero-order valence-corrected chi connectivity index (χ0v) is 11.8. The fourth-order valence-electron chi connectivity index (χ4n) is 2.93. The molecule has 1 aromatic heterocycles. The molecule has 0 bridgehead atoms. The Kier molecular flexibility index (Phi) is 3.81. The fourth-order valence-corrected chi connectivity index (χ4v) is 2.93. The molecule has 1 fully saturated rings. The SMILES string of the molecule is CN1CCN(CCc2nnc3n2CCC(N)C3)CC1. The van der Waals surface area contributed by atoms with Crippen molar-refractivity contribution < 1.29 is 0 Å². The summed E-state index contributed by atoms with van der Waals surface area (Å²) in [6.07, 6.45) is 2.93. The Morgan fingerprint density at radius 1 is 1.16 bits per heavy atom. The third-order valence-electron chi connectivity index (χ3n) is 4.32. The Morgan fingerprint density at radius 2 is 1.95 bits per heavy atom. The average Bonchev–Trinajstić information content (AvgIpc) is 2.80. The number of hydrogen-bond acceptors (Lipinski definition) is 5. The maximum Gasteiger partial charge on any atom is 0.134 e. The van der Waals surface area contributed by atoms with Crippen LogP contribution in [0.15, 0.2) is 0 Å². The molecule has 1 saturated heterocycles. The number of nitrogens with two attached hydrogens (primary N) is 1. The van der Waals surface area contributed by atoms with Crippen molar-refractivity contribution in [2.75, 3.05) is 39.8 Å². The topological polar surface area (TPSA) is 63.2 Å². The lowest BCUT2D eigenvalue weighted by Gasteiger charge is -2.32. The summed E-state index contributed by atoms with van der Waals surface area (Å²) in [4.78, 5) is 4.91. The minimum atomic E-state index is 0.266. The molecule has 0 amide bonds. The van der Waals surface area contributed by atoms with Crippen LogP contribution in [0.3, 0.4) is 0 Å². The zero-order valence-electron chi connectivity index (χ0n) is 11.8. The van der Waals surface area contributed by atoms with Crippen molar-refractivity contribution in [1.82, 2.24) is 24.6 Å². The molecule has 0 aliphatic carbocycles. The van der Waals surface area contributed by atoms with E-state index < -0.39 is 0 Å². The van der Waals surface area contributed by atoms with Gasteiger partial charge in [0.05, 0.1) is 0 Å². The lowest BCUT2D eigenvalue weighted by Crippen LogP contribution is -2.45. The Morgan fingerprint density at radius 3 is 2.74 bits per heavy atom. The normalized spacial score (nSPS) is 25.5. The van der Waals surface area contributed by atoms with Gasteiger partial charge in [0.25, 0.3) is 0 Å². The van der Waals surface area contributed by atoms with E-state index in [9.17, 15) is 0 Å². The predicted octanol–water partition coefficient (Wildman–Crippen LogP) is -0.658. The van der Waals surface area contributed by atoms with Crippen LogP contribution < -0.4 is 5.73 Å². The molecule has 1 unspecified atom stereocenters. The van der Waals surface area contributed by atoms with Gasteiger partial charge in [-0.25, -0.2) is 0 Å². The summed E-state index contributed by atoms with van der Waals surface area (Å²) in [6, 6.07) is 0.266. The second-order valence-electron chi connectivity index (χ2n) is 5.83. The van der Waals surface area contributed by atoms with Gasteiger partial charge in [-0.15, -0.1) is 10.2 Å². The van der Waals surface area contributed by atoms with E-state index in [2.05, 4.69) is 31.6 Å². The highest BCUT2D eigenvalue weighted by molar-refractivity contribution is 5.02. The molecule has 2 N–H and O–H groups in total. The van der Waals surface area contributed by atoms with Gasteiger partial charge in [0.15, 0.2) is 0 Å². The predicted molar refractivity (Wildman–Crippen MR) is 74.0 cm³/mol. The van der Waals surface area contributed by atoms with Crippen LogP contribution in [0.2, 0.25) is 0 Å². The van der Waals surface area contributed by atoms with E-state index in [1.54, 1.807) is 0 Å². The number of fused-ring (bicyclic) bond motifs is 1. The van der Waals surface area contributed by atoms with Crippen molar-refractivity contribution in [3.05, 3.63) is 11.6 Å². The summed E-state index contributed by atoms with van der Waals surface area (Å²) in [5.41, 5.74) is 5.97. The highest BCUT2D eigenvalue weighted by Gasteiger charge is 2.21. The van der Waals surface area contributed by atoms with Crippen LogP contribution >= 0.6 is 0 Å². The Bertz CT molecular complexity index is 421. The second kappa shape index (κ2) is 5.56. The molecule has 2 aliphatic rings. The molecule has 6 heteroatoms. The number of aromatic nitrogens is 3. The molecule has 2 aliphatic heterocycles. The maximum absolute atomic E-state index is 5.97. The fraction of sp³-hybridized carbons (Fsp3) is 0.846. The maximum atomic E-state index is 5.97. The Balaban J connectivity index is 1.56. The monoisotopic (exact) mass is 264 g/mol. The lowest BCUT2D eigenvalue weighted by atomic mass is 10.1. The van der Waals surface area contributed by atoms with Gasteiger partial charge in [-0.1, -0.05) is 0 Å². The molecular weight excluding hydrogens is 240 g/mol. The van der Waals surface area contributed by atoms with Gasteiger partial charge < -0.3 is 20.1 Å². The molecule has 1 aromatic rings. The van der Waals surface area contributed by atoms with Crippen molar-refractivity contribution in [2.45, 2.75) is 31.8 Å². The first kappa shape index (κ1) is 13.0. The Labute approximate surface area is 114 Å². The molecule has 0 aromatic carbocycles. The van der Waals surface area contributed by atoms with E-state index in [0.717, 1.165) is 44.0 Å². The minimum absolute atomic E-state index is 0.266. The van der Waals surface area contributed by atoms with Gasteiger partial charge in [-0.05, 0) is 13.5 Å². The van der Waals surface area contributed by atoms with E-state index in [4.69, 9.17) is 5.73 Å². The van der Waals surface area contributed by atoms with Crippen LogP contribution in [0.5, 0.6) is 0 Å². The molecular formula is C13H24N6. The zero-order chi connectivity index (χ0) is 13.2. The largest absolute Gasteiger partial charge is 0.327 e. The molecule has 3 heterocycles. The van der Waals surface area contributed by atoms with Crippen LogP contribution in [0, 0.1) is 0 Å². The quantitative estimate of drug-likeness (QED) is 0.785. The molecule has 106 valence electrons. The second-order valence-corrected chi connectivity index (χ2v) is 5.83. The number of hydrogen-bond donors (Lipinski definition) is 1. The van der Waals surface area contributed by atoms with Crippen molar-refractivity contribution in [2.24, 2.45) is 5.73 Å². The molecule has 0 radical (unpaired) electrons. The first-order valence-corrected chi connectivity index (χ1v) is 7.30. The van der Waals surface area contributed by atoms with E-state index in [-0.39, 0.29) is 6.04 Å². The summed E-state index contributed by atoms with van der Waals surface area (Å²) >= 11 is 0. The molecule has 0 spiro atoms. The third kappa shape index (κ3) is 2.96. The summed E-state index contributed by atoms with van der Waals surface area (Å²) in [5.74, 6) is 2.22. The molecule has 3 rings (SSSR count). The van der Waals surface area contributed by atoms with Crippen LogP contribution in [0.4, 0.5) is 0 Å². The van der Waals surface area contributed by atoms with E-state index in [0.29, 0.717) is 0 Å². The highest BCUT2D eigenvalue weighted by atomic mass is 15.3. The van der Waals surface area contributed by atoms with Crippen LogP contribution in [-0.4, -0.2) is 70.4 Å². The van der Waals surface area contributed by atoms with Crippen LogP contribution in [0.25, 0.3) is 0 Å². The van der Waals surface area contributed by atoms with Gasteiger partial charge in [-0.3, -0.25) is 0 Å². The summed E-state index contributed by atoms with van der Waals surface area (Å²) in [5, 5.41) is 8.64. The third-order valence-corrected chi connectivity index (χ3v) is 4.32. The first-order chi connectivity index (χ1) is 9.22. The lowest BCUT2D eigenvalue weighted by molar-refractivity contribution is 0.154. The van der Waals surface area contributed by atoms with Crippen molar-refractivity contribution in [3.8, 4) is 0 Å². The summed E-state index contributed by atoms with van der Waals surface area (Å²) in [6.45, 7) is 6.77. The standard InChI is InChI=1S/C13H24N6/c1-17-6-8-18(9-7-17)4-3-12-15-16-13-10-11(14)2-5-19(12)13/h11H,2-10,14H2,1H3. The van der Waals surface area contributed by atoms with Gasteiger partial charge >= 0.3 is 0 Å². The van der Waals surface area contributed by atoms with Gasteiger partial charge in [0.1, 0.15) is 11.6 Å². The number of piperazine rings is 1. The number of nitrogens with zero attached hydrogens (tertiary/aromatic N) is 5. The smallest absolute Gasteiger partial charge is 0.134 e. The molecule has 0 saturated carbocycles. The van der Waals surface area contributed by atoms with Gasteiger partial charge in [-0.2, -0.15) is 0 Å². The van der Waals surface area contributed by atoms with Gasteiger partial charge in [0.2, 0.25) is 0 Å². The first-order valence-electron chi connectivity index (χ1n) is 7.30. The summed E-state index contributed by atoms with van der Waals surface area (Å²) < 4.78 is 2.28. The number of rotatable bonds is 3.